The molecule has 0 aliphatic carbocycles. The van der Waals surface area contributed by atoms with Gasteiger partial charge >= 0.3 is 0 Å². The van der Waals surface area contributed by atoms with Crippen LogP contribution in [0.15, 0.2) is 46.8 Å². The summed E-state index contributed by atoms with van der Waals surface area (Å²) < 4.78 is 5.71. The van der Waals surface area contributed by atoms with E-state index in [1.54, 1.807) is 0 Å². The van der Waals surface area contributed by atoms with Crippen LogP contribution >= 0.6 is 0 Å². The molecule has 2 heterocycles. The average Bonchev–Trinajstić information content (AvgIpc) is 2.40. The standard InChI is InChI=1S/C15H18N2O/c1-2-5-12(6-3-1)13-9-14-10-16-7-4-8-18-15(14)17-11-13/h1-3,5-6,11,13,16H,4,7-10H2. The van der Waals surface area contributed by atoms with Crippen molar-refractivity contribution in [2.24, 2.45) is 4.99 Å². The number of aliphatic imine (C=N–C) groups is 1. The molecule has 0 aromatic heterocycles. The number of rotatable bonds is 1. The summed E-state index contributed by atoms with van der Waals surface area (Å²) in [5.41, 5.74) is 2.63. The van der Waals surface area contributed by atoms with Gasteiger partial charge in [-0.3, -0.25) is 0 Å². The summed E-state index contributed by atoms with van der Waals surface area (Å²) >= 11 is 0. The highest BCUT2D eigenvalue weighted by atomic mass is 16.5. The zero-order chi connectivity index (χ0) is 12.2. The number of ether oxygens (including phenoxy) is 1. The van der Waals surface area contributed by atoms with Gasteiger partial charge in [-0.05, 0) is 24.9 Å². The van der Waals surface area contributed by atoms with E-state index >= 15 is 0 Å². The van der Waals surface area contributed by atoms with Crippen LogP contribution in [0.4, 0.5) is 0 Å². The average molecular weight is 242 g/mol. The largest absolute Gasteiger partial charge is 0.478 e. The van der Waals surface area contributed by atoms with Gasteiger partial charge in [0.05, 0.1) is 6.61 Å². The molecule has 1 atom stereocenters. The third-order valence-electron chi connectivity index (χ3n) is 3.44. The van der Waals surface area contributed by atoms with Crippen molar-refractivity contribution in [2.45, 2.75) is 18.8 Å². The minimum Gasteiger partial charge on any atom is -0.478 e. The number of hydrogen-bond donors (Lipinski definition) is 1. The zero-order valence-electron chi connectivity index (χ0n) is 10.4. The molecule has 18 heavy (non-hydrogen) atoms. The van der Waals surface area contributed by atoms with Gasteiger partial charge in [0.25, 0.3) is 0 Å². The third-order valence-corrected chi connectivity index (χ3v) is 3.44. The summed E-state index contributed by atoms with van der Waals surface area (Å²) in [6, 6.07) is 10.5. The Bertz CT molecular complexity index is 465. The van der Waals surface area contributed by atoms with Gasteiger partial charge in [-0.1, -0.05) is 30.3 Å². The lowest BCUT2D eigenvalue weighted by molar-refractivity contribution is 0.194. The molecule has 0 fully saturated rings. The van der Waals surface area contributed by atoms with Crippen molar-refractivity contribution in [1.82, 2.24) is 5.32 Å². The first-order valence-electron chi connectivity index (χ1n) is 6.58. The fourth-order valence-electron chi connectivity index (χ4n) is 2.45. The van der Waals surface area contributed by atoms with E-state index in [0.29, 0.717) is 5.92 Å². The van der Waals surface area contributed by atoms with Crippen molar-refractivity contribution >= 4 is 6.21 Å². The van der Waals surface area contributed by atoms with E-state index in [1.165, 1.54) is 11.1 Å². The SMILES string of the molecule is C1=NC2=C(CNCCCO2)CC1c1ccccc1. The summed E-state index contributed by atoms with van der Waals surface area (Å²) in [6.07, 6.45) is 4.08. The smallest absolute Gasteiger partial charge is 0.213 e. The van der Waals surface area contributed by atoms with Crippen molar-refractivity contribution in [2.75, 3.05) is 19.7 Å². The molecule has 3 heteroatoms. The Kier molecular flexibility index (Phi) is 3.42. The van der Waals surface area contributed by atoms with Crippen LogP contribution in [-0.4, -0.2) is 25.9 Å². The van der Waals surface area contributed by atoms with Gasteiger partial charge in [0.2, 0.25) is 5.88 Å². The molecule has 0 radical (unpaired) electrons. The number of nitrogens with zero attached hydrogens (tertiary/aromatic N) is 1. The summed E-state index contributed by atoms with van der Waals surface area (Å²) in [7, 11) is 0. The Labute approximate surface area is 108 Å². The second-order valence-corrected chi connectivity index (χ2v) is 4.79. The molecular formula is C15H18N2O. The fraction of sp³-hybridized carbons (Fsp3) is 0.400. The lowest BCUT2D eigenvalue weighted by atomic mass is 9.91. The van der Waals surface area contributed by atoms with Crippen LogP contribution in [0, 0.1) is 0 Å². The maximum Gasteiger partial charge on any atom is 0.213 e. The highest BCUT2D eigenvalue weighted by Crippen LogP contribution is 2.28. The lowest BCUT2D eigenvalue weighted by Gasteiger charge is -2.24. The Morgan fingerprint density at radius 1 is 1.22 bits per heavy atom. The summed E-state index contributed by atoms with van der Waals surface area (Å²) in [4.78, 5) is 4.50. The molecular weight excluding hydrogens is 224 g/mol. The molecule has 3 nitrogen and oxygen atoms in total. The van der Waals surface area contributed by atoms with E-state index < -0.39 is 0 Å². The Morgan fingerprint density at radius 3 is 3.00 bits per heavy atom. The zero-order valence-corrected chi connectivity index (χ0v) is 10.4. The van der Waals surface area contributed by atoms with Gasteiger partial charge in [0.15, 0.2) is 0 Å². The number of nitrogens with one attached hydrogen (secondary N) is 1. The molecule has 1 N–H and O–H groups in total. The predicted octanol–water partition coefficient (Wildman–Crippen LogP) is 2.47. The van der Waals surface area contributed by atoms with E-state index in [9.17, 15) is 0 Å². The van der Waals surface area contributed by atoms with Crippen molar-refractivity contribution < 1.29 is 4.74 Å². The molecule has 94 valence electrons. The maximum atomic E-state index is 5.71. The molecule has 3 rings (SSSR count). The lowest BCUT2D eigenvalue weighted by Crippen LogP contribution is -2.26. The van der Waals surface area contributed by atoms with Crippen LogP contribution in [0.2, 0.25) is 0 Å². The van der Waals surface area contributed by atoms with Gasteiger partial charge < -0.3 is 10.1 Å². The molecule has 0 bridgehead atoms. The number of hydrogen-bond acceptors (Lipinski definition) is 3. The summed E-state index contributed by atoms with van der Waals surface area (Å²) in [6.45, 7) is 2.69. The third kappa shape index (κ3) is 2.46. The van der Waals surface area contributed by atoms with E-state index in [1.807, 2.05) is 6.21 Å². The molecule has 1 unspecified atom stereocenters. The van der Waals surface area contributed by atoms with E-state index in [-0.39, 0.29) is 0 Å². The highest BCUT2D eigenvalue weighted by Gasteiger charge is 2.20. The second-order valence-electron chi connectivity index (χ2n) is 4.79. The van der Waals surface area contributed by atoms with E-state index in [2.05, 4.69) is 40.6 Å². The fourth-order valence-corrected chi connectivity index (χ4v) is 2.45. The van der Waals surface area contributed by atoms with Gasteiger partial charge in [0.1, 0.15) is 0 Å². The molecule has 0 spiro atoms. The normalized spacial score (nSPS) is 23.9. The number of benzene rings is 1. The molecule has 0 saturated carbocycles. The van der Waals surface area contributed by atoms with Crippen molar-refractivity contribution in [3.8, 4) is 0 Å². The first-order valence-corrected chi connectivity index (χ1v) is 6.58. The molecule has 1 aromatic carbocycles. The molecule has 0 amide bonds. The van der Waals surface area contributed by atoms with E-state index in [0.717, 1.165) is 38.4 Å². The molecule has 1 aromatic rings. The van der Waals surface area contributed by atoms with Gasteiger partial charge in [-0.2, -0.15) is 0 Å². The molecule has 2 aliphatic heterocycles. The van der Waals surface area contributed by atoms with E-state index in [4.69, 9.17) is 4.74 Å². The Morgan fingerprint density at radius 2 is 2.11 bits per heavy atom. The first kappa shape index (κ1) is 11.5. The Hall–Kier alpha value is -1.61. The van der Waals surface area contributed by atoms with Crippen LogP contribution < -0.4 is 5.32 Å². The maximum absolute atomic E-state index is 5.71. The van der Waals surface area contributed by atoms with Crippen LogP contribution in [0.1, 0.15) is 24.3 Å². The van der Waals surface area contributed by atoms with Crippen molar-refractivity contribution in [3.63, 3.8) is 0 Å². The van der Waals surface area contributed by atoms with Crippen molar-refractivity contribution in [3.05, 3.63) is 47.4 Å². The predicted molar refractivity (Wildman–Crippen MR) is 72.8 cm³/mol. The van der Waals surface area contributed by atoms with Crippen LogP contribution in [0.5, 0.6) is 0 Å². The van der Waals surface area contributed by atoms with Crippen molar-refractivity contribution in [1.29, 1.82) is 0 Å². The van der Waals surface area contributed by atoms with Gasteiger partial charge in [0, 0.05) is 24.3 Å². The van der Waals surface area contributed by atoms with Crippen LogP contribution in [-0.2, 0) is 4.74 Å². The molecule has 0 saturated heterocycles. The Balaban J connectivity index is 1.79. The quantitative estimate of drug-likeness (QED) is 0.820. The minimum absolute atomic E-state index is 0.384. The second kappa shape index (κ2) is 5.36. The molecule has 2 aliphatic rings. The first-order chi connectivity index (χ1) is 8.93. The minimum atomic E-state index is 0.384. The monoisotopic (exact) mass is 242 g/mol. The van der Waals surface area contributed by atoms with Crippen LogP contribution in [0.3, 0.4) is 0 Å². The van der Waals surface area contributed by atoms with Gasteiger partial charge in [-0.25, -0.2) is 4.99 Å². The summed E-state index contributed by atoms with van der Waals surface area (Å²) in [5.74, 6) is 1.23. The topological polar surface area (TPSA) is 33.6 Å². The van der Waals surface area contributed by atoms with Gasteiger partial charge in [-0.15, -0.1) is 0 Å². The van der Waals surface area contributed by atoms with Crippen LogP contribution in [0.25, 0.3) is 0 Å². The summed E-state index contributed by atoms with van der Waals surface area (Å²) in [5, 5.41) is 3.45. The highest BCUT2D eigenvalue weighted by molar-refractivity contribution is 5.71.